The summed E-state index contributed by atoms with van der Waals surface area (Å²) in [5.41, 5.74) is -0.824. The Balaban J connectivity index is 1.15. The van der Waals surface area contributed by atoms with Crippen molar-refractivity contribution in [3.05, 3.63) is 60.4 Å². The van der Waals surface area contributed by atoms with Gasteiger partial charge in [0.2, 0.25) is 21.8 Å². The molecule has 4 amide bonds. The second-order valence-electron chi connectivity index (χ2n) is 16.6. The summed E-state index contributed by atoms with van der Waals surface area (Å²) in [6, 6.07) is 9.17. The first-order valence-corrected chi connectivity index (χ1v) is 21.1. The van der Waals surface area contributed by atoms with E-state index >= 15 is 0 Å². The Labute approximate surface area is 328 Å². The third kappa shape index (κ3) is 7.88. The molecule has 16 heteroatoms. The molecule has 302 valence electrons. The summed E-state index contributed by atoms with van der Waals surface area (Å²) in [5.74, 6) is -2.68. The first-order valence-electron chi connectivity index (χ1n) is 19.5. The lowest BCUT2D eigenvalue weighted by Crippen LogP contribution is -2.58. The Morgan fingerprint density at radius 2 is 1.84 bits per heavy atom. The predicted molar refractivity (Wildman–Crippen MR) is 208 cm³/mol. The molecule has 5 atom stereocenters. The number of furan rings is 1. The molecular weight excluding hydrogens is 758 g/mol. The molecule has 3 fully saturated rings. The SMILES string of the molecule is CC(C)(C)OC(=O)N[C@H]1CCCCC/C=C\[C@@H]2C[C@@]2(C(=O)NS(=O)(=O)C2CC2)NC(=O)[C@@H]2C[C@@H](Oc3c4ccccc4nc4c3oc3cc(F)ccc34)CN2C1=O. The van der Waals surface area contributed by atoms with Crippen LogP contribution >= 0.6 is 0 Å². The highest BCUT2D eigenvalue weighted by Gasteiger charge is 2.62. The minimum atomic E-state index is -3.93. The number of carbonyl (C=O) groups is 4. The Morgan fingerprint density at radius 3 is 2.61 bits per heavy atom. The van der Waals surface area contributed by atoms with Crippen molar-refractivity contribution >= 4 is 66.8 Å². The van der Waals surface area contributed by atoms with E-state index in [0.29, 0.717) is 53.2 Å². The summed E-state index contributed by atoms with van der Waals surface area (Å²) in [4.78, 5) is 62.2. The van der Waals surface area contributed by atoms with E-state index in [-0.39, 0.29) is 37.0 Å². The highest BCUT2D eigenvalue weighted by atomic mass is 32.2. The van der Waals surface area contributed by atoms with Crippen molar-refractivity contribution in [1.82, 2.24) is 25.2 Å². The summed E-state index contributed by atoms with van der Waals surface area (Å²) in [6.45, 7) is 5.06. The van der Waals surface area contributed by atoms with Gasteiger partial charge < -0.3 is 29.4 Å². The van der Waals surface area contributed by atoms with E-state index in [0.717, 1.165) is 12.8 Å². The van der Waals surface area contributed by atoms with Crippen molar-refractivity contribution < 1.29 is 45.9 Å². The van der Waals surface area contributed by atoms with Gasteiger partial charge in [0, 0.05) is 29.2 Å². The molecule has 4 aliphatic rings. The van der Waals surface area contributed by atoms with Gasteiger partial charge in [-0.3, -0.25) is 19.1 Å². The maximum atomic E-state index is 14.6. The van der Waals surface area contributed by atoms with Crippen molar-refractivity contribution in [3.8, 4) is 5.75 Å². The zero-order valence-electron chi connectivity index (χ0n) is 32.0. The molecule has 0 unspecified atom stereocenters. The van der Waals surface area contributed by atoms with Gasteiger partial charge in [0.1, 0.15) is 46.2 Å². The van der Waals surface area contributed by atoms with E-state index in [4.69, 9.17) is 18.9 Å². The van der Waals surface area contributed by atoms with Crippen LogP contribution in [-0.2, 0) is 29.1 Å². The number of halogens is 1. The van der Waals surface area contributed by atoms with Gasteiger partial charge in [0.05, 0.1) is 17.3 Å². The zero-order valence-corrected chi connectivity index (χ0v) is 32.8. The van der Waals surface area contributed by atoms with Gasteiger partial charge in [-0.1, -0.05) is 37.1 Å². The van der Waals surface area contributed by atoms with Crippen molar-refractivity contribution in [3.63, 3.8) is 0 Å². The highest BCUT2D eigenvalue weighted by molar-refractivity contribution is 7.91. The molecular formula is C41H46FN5O9S. The number of pyridine rings is 1. The smallest absolute Gasteiger partial charge is 0.408 e. The largest absolute Gasteiger partial charge is 0.484 e. The van der Waals surface area contributed by atoms with Crippen molar-refractivity contribution in [1.29, 1.82) is 0 Å². The van der Waals surface area contributed by atoms with E-state index < -0.39 is 80.2 Å². The second kappa shape index (κ2) is 14.6. The summed E-state index contributed by atoms with van der Waals surface area (Å²) in [5, 5.41) is 6.13. The number of allylic oxidation sites excluding steroid dienone is 1. The number of nitrogens with zero attached hydrogens (tertiary/aromatic N) is 2. The average Bonchev–Trinajstić information content (AvgIpc) is 4.04. The molecule has 0 radical (unpaired) electrons. The first-order chi connectivity index (χ1) is 27.1. The third-order valence-corrected chi connectivity index (χ3v) is 12.9. The maximum Gasteiger partial charge on any atom is 0.408 e. The van der Waals surface area contributed by atoms with Crippen molar-refractivity contribution in [2.45, 2.75) is 113 Å². The molecule has 2 aliphatic heterocycles. The van der Waals surface area contributed by atoms with Crippen LogP contribution in [0.2, 0.25) is 0 Å². The minimum absolute atomic E-state index is 0.0255. The second-order valence-corrected chi connectivity index (χ2v) is 18.5. The number of alkyl carbamates (subject to hydrolysis) is 1. The number of ether oxygens (including phenoxy) is 2. The standard InChI is InChI=1S/C41H46FN5O9S/c1-40(2,3)56-39(51)44-30-14-8-6-4-5-7-11-23-21-41(23,38(50)46-57(52,53)26-16-17-26)45-36(48)31-20-25(22-47(31)37(30)49)54-34-27-12-9-10-13-29(27)43-33-28-18-15-24(42)19-32(28)55-35(33)34/h7,9-13,15,18-19,23,25-26,30-31H,4-6,8,14,16-17,20-22H2,1-3H3,(H,44,51)(H,45,48)(H,46,50)/b11-7-/t23-,25-,30+,31+,41-/m1/s1. The number of carbonyl (C=O) groups excluding carboxylic acids is 4. The zero-order chi connectivity index (χ0) is 40.3. The van der Waals surface area contributed by atoms with Gasteiger partial charge >= 0.3 is 6.09 Å². The number of nitrogens with one attached hydrogen (secondary N) is 3. The monoisotopic (exact) mass is 803 g/mol. The van der Waals surface area contributed by atoms with E-state index in [1.54, 1.807) is 39.0 Å². The highest BCUT2D eigenvalue weighted by Crippen LogP contribution is 2.46. The lowest BCUT2D eigenvalue weighted by Gasteiger charge is -2.30. The van der Waals surface area contributed by atoms with Gasteiger partial charge in [-0.15, -0.1) is 0 Å². The quantitative estimate of drug-likeness (QED) is 0.210. The predicted octanol–water partition coefficient (Wildman–Crippen LogP) is 5.52. The van der Waals surface area contributed by atoms with Gasteiger partial charge in [0.25, 0.3) is 5.91 Å². The van der Waals surface area contributed by atoms with Crippen LogP contribution in [0.15, 0.2) is 59.0 Å². The van der Waals surface area contributed by atoms with Crippen LogP contribution in [0.4, 0.5) is 9.18 Å². The fourth-order valence-corrected chi connectivity index (χ4v) is 9.27. The molecule has 4 aromatic rings. The number of para-hydroxylation sites is 1. The molecule has 3 N–H and O–H groups in total. The lowest BCUT2D eigenvalue weighted by molar-refractivity contribution is -0.141. The molecule has 2 saturated carbocycles. The number of hydrogen-bond acceptors (Lipinski definition) is 10. The lowest BCUT2D eigenvalue weighted by atomic mass is 10.0. The third-order valence-electron chi connectivity index (χ3n) is 11.0. The Morgan fingerprint density at radius 1 is 1.05 bits per heavy atom. The van der Waals surface area contributed by atoms with Crippen LogP contribution < -0.4 is 20.1 Å². The molecule has 2 aromatic heterocycles. The molecule has 2 aromatic carbocycles. The topological polar surface area (TPSA) is 186 Å². The molecule has 14 nitrogen and oxygen atoms in total. The van der Waals surface area contributed by atoms with E-state index in [1.165, 1.54) is 17.0 Å². The van der Waals surface area contributed by atoms with Gasteiger partial charge in [-0.05, 0) is 83.6 Å². The molecule has 57 heavy (non-hydrogen) atoms. The fraction of sp³-hybridized carbons (Fsp3) is 0.488. The first kappa shape index (κ1) is 38.6. The maximum absolute atomic E-state index is 14.6. The number of sulfonamides is 1. The normalized spacial score (nSPS) is 26.5. The number of fused-ring (bicyclic) bond motifs is 6. The number of amides is 4. The van der Waals surface area contributed by atoms with Crippen LogP contribution in [0.1, 0.15) is 78.6 Å². The fourth-order valence-electron chi connectivity index (χ4n) is 7.91. The summed E-state index contributed by atoms with van der Waals surface area (Å²) >= 11 is 0. The van der Waals surface area contributed by atoms with Crippen LogP contribution in [0.25, 0.3) is 33.0 Å². The molecule has 1 saturated heterocycles. The number of hydrogen-bond donors (Lipinski definition) is 3. The average molecular weight is 804 g/mol. The Bertz CT molecular complexity index is 2420. The molecule has 2 aliphatic carbocycles. The summed E-state index contributed by atoms with van der Waals surface area (Å²) in [6.07, 6.45) is 6.29. The van der Waals surface area contributed by atoms with E-state index in [1.807, 2.05) is 24.3 Å². The molecule has 0 spiro atoms. The van der Waals surface area contributed by atoms with Crippen LogP contribution in [0.5, 0.6) is 5.75 Å². The van der Waals surface area contributed by atoms with Gasteiger partial charge in [-0.25, -0.2) is 22.6 Å². The van der Waals surface area contributed by atoms with E-state index in [9.17, 15) is 32.0 Å². The Kier molecular flexibility index (Phi) is 9.89. The number of rotatable bonds is 6. The number of benzene rings is 2. The summed E-state index contributed by atoms with van der Waals surface area (Å²) in [7, 11) is -3.93. The van der Waals surface area contributed by atoms with E-state index in [2.05, 4.69) is 15.4 Å². The van der Waals surface area contributed by atoms with Crippen LogP contribution in [0.3, 0.4) is 0 Å². The molecule has 4 heterocycles. The van der Waals surface area contributed by atoms with Crippen molar-refractivity contribution in [2.75, 3.05) is 6.54 Å². The number of aromatic nitrogens is 1. The molecule has 8 rings (SSSR count). The van der Waals surface area contributed by atoms with Gasteiger partial charge in [0.15, 0.2) is 11.3 Å². The Hall–Kier alpha value is -5.25. The minimum Gasteiger partial charge on any atom is -0.484 e. The van der Waals surface area contributed by atoms with Crippen LogP contribution in [0, 0.1) is 11.7 Å². The van der Waals surface area contributed by atoms with Crippen molar-refractivity contribution in [2.24, 2.45) is 5.92 Å². The summed E-state index contributed by atoms with van der Waals surface area (Å²) < 4.78 is 60.7. The van der Waals surface area contributed by atoms with Crippen LogP contribution in [-0.4, -0.2) is 83.2 Å². The van der Waals surface area contributed by atoms with Gasteiger partial charge in [-0.2, -0.15) is 0 Å². The molecule has 0 bridgehead atoms.